The normalized spacial score (nSPS) is 11.1. The van der Waals surface area contributed by atoms with Crippen LogP contribution in [0.1, 0.15) is 25.3 Å². The molecular formula is C21H20N4OS. The van der Waals surface area contributed by atoms with Gasteiger partial charge in [0.2, 0.25) is 0 Å². The molecule has 0 bridgehead atoms. The lowest BCUT2D eigenvalue weighted by molar-refractivity contribution is 0.262. The van der Waals surface area contributed by atoms with Crippen LogP contribution in [0, 0.1) is 0 Å². The predicted octanol–water partition coefficient (Wildman–Crippen LogP) is 5.83. The van der Waals surface area contributed by atoms with Crippen molar-refractivity contribution in [1.29, 1.82) is 0 Å². The van der Waals surface area contributed by atoms with E-state index in [4.69, 9.17) is 0 Å². The molecule has 2 aromatic carbocycles. The van der Waals surface area contributed by atoms with Gasteiger partial charge < -0.3 is 10.6 Å². The molecule has 6 heteroatoms. The van der Waals surface area contributed by atoms with E-state index in [0.29, 0.717) is 5.92 Å². The van der Waals surface area contributed by atoms with E-state index >= 15 is 0 Å². The zero-order valence-corrected chi connectivity index (χ0v) is 16.0. The van der Waals surface area contributed by atoms with Gasteiger partial charge in [-0.3, -0.25) is 4.40 Å². The molecule has 0 aliphatic carbocycles. The van der Waals surface area contributed by atoms with Gasteiger partial charge >= 0.3 is 6.03 Å². The standard InChI is InChI=1S/C21H20N4OS/c1-14(2)15-3-7-17(8-4-15)22-20(26)23-18-9-5-16(6-10-18)19-13-25-11-12-27-21(25)24-19/h3-14H,1-2H3,(H2,22,23,26). The largest absolute Gasteiger partial charge is 0.323 e. The Hall–Kier alpha value is -3.12. The second-order valence-electron chi connectivity index (χ2n) is 6.65. The summed E-state index contributed by atoms with van der Waals surface area (Å²) >= 11 is 1.60. The number of hydrogen-bond donors (Lipinski definition) is 2. The maximum atomic E-state index is 12.2. The second-order valence-corrected chi connectivity index (χ2v) is 7.53. The Balaban J connectivity index is 1.40. The Kier molecular flexibility index (Phi) is 4.64. The van der Waals surface area contributed by atoms with E-state index in [9.17, 15) is 4.79 Å². The Morgan fingerprint density at radius 3 is 2.22 bits per heavy atom. The fraction of sp³-hybridized carbons (Fsp3) is 0.143. The van der Waals surface area contributed by atoms with E-state index in [0.717, 1.165) is 27.6 Å². The van der Waals surface area contributed by atoms with E-state index in [1.54, 1.807) is 11.3 Å². The van der Waals surface area contributed by atoms with Gasteiger partial charge in [-0.05, 0) is 35.7 Å². The molecule has 2 heterocycles. The zero-order chi connectivity index (χ0) is 18.8. The molecule has 2 aromatic heterocycles. The molecule has 0 radical (unpaired) electrons. The Morgan fingerprint density at radius 2 is 1.63 bits per heavy atom. The molecule has 0 unspecified atom stereocenters. The molecular weight excluding hydrogens is 356 g/mol. The summed E-state index contributed by atoms with van der Waals surface area (Å²) in [6, 6.07) is 15.3. The molecule has 4 rings (SSSR count). The highest BCUT2D eigenvalue weighted by Gasteiger charge is 2.07. The number of benzene rings is 2. The molecule has 4 aromatic rings. The number of rotatable bonds is 4. The number of carbonyl (C=O) groups is 1. The van der Waals surface area contributed by atoms with Crippen molar-refractivity contribution in [2.75, 3.05) is 10.6 Å². The summed E-state index contributed by atoms with van der Waals surface area (Å²) in [6.07, 6.45) is 3.99. The first-order chi connectivity index (χ1) is 13.1. The van der Waals surface area contributed by atoms with E-state index in [2.05, 4.69) is 29.5 Å². The van der Waals surface area contributed by atoms with Crippen LogP contribution in [-0.4, -0.2) is 15.4 Å². The molecule has 0 atom stereocenters. The lowest BCUT2D eigenvalue weighted by Gasteiger charge is -2.10. The molecule has 0 aliphatic rings. The van der Waals surface area contributed by atoms with Crippen molar-refractivity contribution in [3.8, 4) is 11.3 Å². The van der Waals surface area contributed by atoms with Gasteiger partial charge in [-0.2, -0.15) is 0 Å². The van der Waals surface area contributed by atoms with Crippen molar-refractivity contribution >= 4 is 33.7 Å². The Bertz CT molecular complexity index is 1030. The number of urea groups is 1. The van der Waals surface area contributed by atoms with Crippen molar-refractivity contribution in [1.82, 2.24) is 9.38 Å². The third kappa shape index (κ3) is 3.85. The highest BCUT2D eigenvalue weighted by molar-refractivity contribution is 7.15. The summed E-state index contributed by atoms with van der Waals surface area (Å²) in [5, 5.41) is 7.72. The lowest BCUT2D eigenvalue weighted by Crippen LogP contribution is -2.19. The summed E-state index contributed by atoms with van der Waals surface area (Å²) < 4.78 is 2.00. The van der Waals surface area contributed by atoms with Crippen LogP contribution in [0.3, 0.4) is 0 Å². The molecule has 5 nitrogen and oxygen atoms in total. The van der Waals surface area contributed by atoms with Gasteiger partial charge in [0.05, 0.1) is 5.69 Å². The average Bonchev–Trinajstić information content (AvgIpc) is 3.25. The molecule has 136 valence electrons. The van der Waals surface area contributed by atoms with Crippen LogP contribution in [0.5, 0.6) is 0 Å². The van der Waals surface area contributed by atoms with E-state index in [-0.39, 0.29) is 6.03 Å². The van der Waals surface area contributed by atoms with Gasteiger partial charge in [0.15, 0.2) is 4.96 Å². The summed E-state index contributed by atoms with van der Waals surface area (Å²) in [7, 11) is 0. The Morgan fingerprint density at radius 1 is 1.00 bits per heavy atom. The van der Waals surface area contributed by atoms with Crippen molar-refractivity contribution < 1.29 is 4.79 Å². The number of thiazole rings is 1. The van der Waals surface area contributed by atoms with Crippen LogP contribution in [0.15, 0.2) is 66.3 Å². The number of nitrogens with one attached hydrogen (secondary N) is 2. The van der Waals surface area contributed by atoms with Crippen LogP contribution in [0.4, 0.5) is 16.2 Å². The number of nitrogens with zero attached hydrogens (tertiary/aromatic N) is 2. The third-order valence-corrected chi connectivity index (χ3v) is 5.14. The Labute approximate surface area is 161 Å². The zero-order valence-electron chi connectivity index (χ0n) is 15.1. The minimum Gasteiger partial charge on any atom is -0.308 e. The van der Waals surface area contributed by atoms with Gasteiger partial charge in [0.25, 0.3) is 0 Å². The minimum absolute atomic E-state index is 0.262. The highest BCUT2D eigenvalue weighted by atomic mass is 32.1. The molecule has 0 saturated heterocycles. The van der Waals surface area contributed by atoms with Gasteiger partial charge in [-0.1, -0.05) is 38.1 Å². The molecule has 0 spiro atoms. The smallest absolute Gasteiger partial charge is 0.308 e. The fourth-order valence-electron chi connectivity index (χ4n) is 2.84. The number of imidazole rings is 1. The lowest BCUT2D eigenvalue weighted by atomic mass is 10.0. The van der Waals surface area contributed by atoms with Crippen LogP contribution < -0.4 is 10.6 Å². The van der Waals surface area contributed by atoms with Crippen molar-refractivity contribution in [2.24, 2.45) is 0 Å². The minimum atomic E-state index is -0.262. The summed E-state index contributed by atoms with van der Waals surface area (Å²) in [6.45, 7) is 4.29. The number of aromatic nitrogens is 2. The maximum absolute atomic E-state index is 12.2. The van der Waals surface area contributed by atoms with Crippen molar-refractivity contribution in [2.45, 2.75) is 19.8 Å². The van der Waals surface area contributed by atoms with Gasteiger partial charge in [-0.15, -0.1) is 11.3 Å². The number of carbonyl (C=O) groups excluding carboxylic acids is 1. The summed E-state index contributed by atoms with van der Waals surface area (Å²) in [5.41, 5.74) is 4.68. The number of fused-ring (bicyclic) bond motifs is 1. The summed E-state index contributed by atoms with van der Waals surface area (Å²) in [5.74, 6) is 0.470. The van der Waals surface area contributed by atoms with Crippen molar-refractivity contribution in [3.05, 3.63) is 71.9 Å². The topological polar surface area (TPSA) is 58.4 Å². The highest BCUT2D eigenvalue weighted by Crippen LogP contribution is 2.23. The SMILES string of the molecule is CC(C)c1ccc(NC(=O)Nc2ccc(-c3cn4ccsc4n3)cc2)cc1. The summed E-state index contributed by atoms with van der Waals surface area (Å²) in [4.78, 5) is 17.8. The van der Waals surface area contributed by atoms with Crippen LogP contribution in [-0.2, 0) is 0 Å². The fourth-order valence-corrected chi connectivity index (χ4v) is 3.54. The maximum Gasteiger partial charge on any atom is 0.323 e. The number of anilines is 2. The molecule has 0 fully saturated rings. The van der Waals surface area contributed by atoms with E-state index in [1.165, 1.54) is 5.56 Å². The molecule has 2 amide bonds. The predicted molar refractivity (Wildman–Crippen MR) is 112 cm³/mol. The third-order valence-electron chi connectivity index (χ3n) is 4.37. The van der Waals surface area contributed by atoms with E-state index < -0.39 is 0 Å². The van der Waals surface area contributed by atoms with Crippen LogP contribution in [0.2, 0.25) is 0 Å². The second kappa shape index (κ2) is 7.25. The number of hydrogen-bond acceptors (Lipinski definition) is 3. The first kappa shape index (κ1) is 17.3. The number of amides is 2. The van der Waals surface area contributed by atoms with Gasteiger partial charge in [-0.25, -0.2) is 9.78 Å². The van der Waals surface area contributed by atoms with E-state index in [1.807, 2.05) is 70.7 Å². The monoisotopic (exact) mass is 376 g/mol. The average molecular weight is 376 g/mol. The first-order valence-corrected chi connectivity index (χ1v) is 9.67. The van der Waals surface area contributed by atoms with Crippen LogP contribution >= 0.6 is 11.3 Å². The molecule has 0 saturated carbocycles. The van der Waals surface area contributed by atoms with Crippen molar-refractivity contribution in [3.63, 3.8) is 0 Å². The molecule has 0 aliphatic heterocycles. The van der Waals surface area contributed by atoms with Gasteiger partial charge in [0, 0.05) is 34.7 Å². The quantitative estimate of drug-likeness (QED) is 0.471. The first-order valence-electron chi connectivity index (χ1n) is 8.79. The molecule has 27 heavy (non-hydrogen) atoms. The molecule has 2 N–H and O–H groups in total. The van der Waals surface area contributed by atoms with Crippen LogP contribution in [0.25, 0.3) is 16.2 Å². The van der Waals surface area contributed by atoms with Gasteiger partial charge in [0.1, 0.15) is 0 Å².